The lowest BCUT2D eigenvalue weighted by molar-refractivity contribution is -0.163. The number of fused-ring (bicyclic) bond motifs is 1. The fourth-order valence-corrected chi connectivity index (χ4v) is 6.76. The summed E-state index contributed by atoms with van der Waals surface area (Å²) in [5.74, 6) is -2.89. The lowest BCUT2D eigenvalue weighted by Gasteiger charge is -2.40. The zero-order valence-corrected chi connectivity index (χ0v) is 21.8. The Balaban J connectivity index is 1.90. The summed E-state index contributed by atoms with van der Waals surface area (Å²) in [4.78, 5) is 45.1. The predicted molar refractivity (Wildman–Crippen MR) is 134 cm³/mol. The van der Waals surface area contributed by atoms with E-state index in [2.05, 4.69) is 6.58 Å². The minimum atomic E-state index is -1.20. The molecule has 3 fully saturated rings. The van der Waals surface area contributed by atoms with Crippen LogP contribution in [0.2, 0.25) is 0 Å². The van der Waals surface area contributed by atoms with E-state index in [-0.39, 0.29) is 37.0 Å². The van der Waals surface area contributed by atoms with Crippen LogP contribution in [0.4, 0.5) is 0 Å². The monoisotopic (exact) mass is 498 g/mol. The van der Waals surface area contributed by atoms with Gasteiger partial charge >= 0.3 is 5.97 Å². The molecule has 1 N–H and O–H groups in total. The first-order chi connectivity index (χ1) is 17.1. The quantitative estimate of drug-likeness (QED) is 0.416. The van der Waals surface area contributed by atoms with Gasteiger partial charge in [-0.25, -0.2) is 0 Å². The minimum absolute atomic E-state index is 0.0811. The van der Waals surface area contributed by atoms with Gasteiger partial charge in [-0.05, 0) is 45.6 Å². The maximum Gasteiger partial charge on any atom is 0.312 e. The van der Waals surface area contributed by atoms with E-state index in [1.165, 1.54) is 4.90 Å². The molecule has 8 heteroatoms. The van der Waals surface area contributed by atoms with E-state index in [1.807, 2.05) is 58.0 Å². The lowest BCUT2D eigenvalue weighted by Crippen LogP contribution is -2.58. The molecule has 2 amide bonds. The largest absolute Gasteiger partial charge is 0.466 e. The van der Waals surface area contributed by atoms with Crippen LogP contribution in [0.3, 0.4) is 0 Å². The summed E-state index contributed by atoms with van der Waals surface area (Å²) in [5.41, 5.74) is -1.42. The van der Waals surface area contributed by atoms with Crippen molar-refractivity contribution in [2.24, 2.45) is 17.8 Å². The zero-order valence-electron chi connectivity index (χ0n) is 21.8. The van der Waals surface area contributed by atoms with Gasteiger partial charge in [0.2, 0.25) is 11.8 Å². The molecule has 3 unspecified atom stereocenters. The molecule has 7 atom stereocenters. The van der Waals surface area contributed by atoms with Crippen molar-refractivity contribution < 1.29 is 29.0 Å². The molecule has 1 aromatic rings. The molecule has 4 rings (SSSR count). The highest BCUT2D eigenvalue weighted by Gasteiger charge is 2.80. The second-order valence-corrected chi connectivity index (χ2v) is 10.7. The van der Waals surface area contributed by atoms with Crippen LogP contribution in [0.5, 0.6) is 0 Å². The first kappa shape index (κ1) is 26.4. The summed E-state index contributed by atoms with van der Waals surface area (Å²) in [6, 6.07) is 7.26. The molecule has 0 radical (unpaired) electrons. The highest BCUT2D eigenvalue weighted by Crippen LogP contribution is 2.66. The zero-order chi connectivity index (χ0) is 26.4. The smallest absolute Gasteiger partial charge is 0.312 e. The minimum Gasteiger partial charge on any atom is -0.466 e. The Labute approximate surface area is 213 Å². The Kier molecular flexibility index (Phi) is 7.05. The number of carbonyl (C=O) groups is 3. The molecular formula is C28H38N2O6. The molecule has 3 heterocycles. The summed E-state index contributed by atoms with van der Waals surface area (Å²) in [7, 11) is 0. The summed E-state index contributed by atoms with van der Waals surface area (Å²) >= 11 is 0. The number of ether oxygens (including phenoxy) is 2. The maximum absolute atomic E-state index is 14.3. The average molecular weight is 499 g/mol. The third-order valence-electron chi connectivity index (χ3n) is 8.45. The number of nitrogens with zero attached hydrogens (tertiary/aromatic N) is 2. The van der Waals surface area contributed by atoms with Crippen molar-refractivity contribution in [1.29, 1.82) is 0 Å². The Morgan fingerprint density at radius 2 is 2.00 bits per heavy atom. The second kappa shape index (κ2) is 9.63. The van der Waals surface area contributed by atoms with Gasteiger partial charge in [-0.15, -0.1) is 6.58 Å². The number of carbonyl (C=O) groups excluding carboxylic acids is 3. The van der Waals surface area contributed by atoms with E-state index < -0.39 is 41.1 Å². The Bertz CT molecular complexity index is 1030. The van der Waals surface area contributed by atoms with Crippen molar-refractivity contribution in [2.75, 3.05) is 19.8 Å². The van der Waals surface area contributed by atoms with Crippen LogP contribution in [0, 0.1) is 17.8 Å². The Hall–Kier alpha value is -2.71. The number of hydrogen-bond donors (Lipinski definition) is 1. The molecule has 0 aliphatic carbocycles. The summed E-state index contributed by atoms with van der Waals surface area (Å²) in [6.45, 7) is 13.3. The molecule has 0 saturated carbocycles. The number of hydrogen-bond acceptors (Lipinski definition) is 6. The molecule has 196 valence electrons. The van der Waals surface area contributed by atoms with Crippen molar-refractivity contribution in [2.45, 2.75) is 70.4 Å². The fraction of sp³-hybridized carbons (Fsp3) is 0.607. The number of rotatable bonds is 9. The SMILES string of the molecule is C=CCN(C(=O)C1N([C@H](CO)c2ccccc2)C(=O)[C@@H]2[C@H](C(=O)OCC)[C@@]3(C)OC12CC3C)C(C)C. The molecular weight excluding hydrogens is 460 g/mol. The van der Waals surface area contributed by atoms with E-state index in [9.17, 15) is 19.5 Å². The van der Waals surface area contributed by atoms with Crippen molar-refractivity contribution in [3.05, 3.63) is 48.6 Å². The van der Waals surface area contributed by atoms with Gasteiger partial charge in [-0.1, -0.05) is 43.3 Å². The Morgan fingerprint density at radius 3 is 2.56 bits per heavy atom. The lowest BCUT2D eigenvalue weighted by atomic mass is 9.62. The van der Waals surface area contributed by atoms with Crippen LogP contribution < -0.4 is 0 Å². The molecule has 36 heavy (non-hydrogen) atoms. The maximum atomic E-state index is 14.3. The van der Waals surface area contributed by atoms with Crippen LogP contribution in [0.25, 0.3) is 0 Å². The number of likely N-dealkylation sites (tertiary alicyclic amines) is 1. The highest BCUT2D eigenvalue weighted by atomic mass is 16.6. The predicted octanol–water partition coefficient (Wildman–Crippen LogP) is 2.72. The van der Waals surface area contributed by atoms with Crippen LogP contribution in [0.1, 0.15) is 52.6 Å². The number of amides is 2. The van der Waals surface area contributed by atoms with Crippen molar-refractivity contribution in [3.63, 3.8) is 0 Å². The fourth-order valence-electron chi connectivity index (χ4n) is 6.76. The Morgan fingerprint density at radius 1 is 1.33 bits per heavy atom. The van der Waals surface area contributed by atoms with Crippen molar-refractivity contribution in [3.8, 4) is 0 Å². The average Bonchev–Trinajstić information content (AvgIpc) is 3.35. The summed E-state index contributed by atoms with van der Waals surface area (Å²) in [5, 5.41) is 10.5. The number of benzene rings is 1. The van der Waals surface area contributed by atoms with E-state index in [0.29, 0.717) is 18.5 Å². The second-order valence-electron chi connectivity index (χ2n) is 10.7. The van der Waals surface area contributed by atoms with Crippen LogP contribution in [-0.2, 0) is 23.9 Å². The molecule has 3 aliphatic rings. The molecule has 1 spiro atoms. The van der Waals surface area contributed by atoms with Gasteiger partial charge in [0, 0.05) is 12.6 Å². The van der Waals surface area contributed by atoms with E-state index in [1.54, 1.807) is 17.9 Å². The van der Waals surface area contributed by atoms with Gasteiger partial charge < -0.3 is 24.4 Å². The number of esters is 1. The topological polar surface area (TPSA) is 96.4 Å². The van der Waals surface area contributed by atoms with E-state index >= 15 is 0 Å². The van der Waals surface area contributed by atoms with Crippen LogP contribution >= 0.6 is 0 Å². The third-order valence-corrected chi connectivity index (χ3v) is 8.45. The molecule has 0 aromatic heterocycles. The van der Waals surface area contributed by atoms with Gasteiger partial charge in [0.05, 0.1) is 30.8 Å². The van der Waals surface area contributed by atoms with Crippen molar-refractivity contribution >= 4 is 17.8 Å². The van der Waals surface area contributed by atoms with Gasteiger partial charge in [-0.2, -0.15) is 0 Å². The van der Waals surface area contributed by atoms with Gasteiger partial charge in [0.15, 0.2) is 0 Å². The molecule has 8 nitrogen and oxygen atoms in total. The number of aliphatic hydroxyl groups excluding tert-OH is 1. The standard InChI is InChI=1S/C28H38N2O6/c1-7-14-29(17(3)4)25(33)23-28-15-18(5)27(6,36-28)22(26(34)35-8-2)21(28)24(32)30(23)20(16-31)19-12-10-9-11-13-19/h7,9-13,17-18,20-23,31H,1,8,14-16H2,2-6H3/t18?,20-,21+,22-,23?,27+,28?/m1/s1. The highest BCUT2D eigenvalue weighted by molar-refractivity contribution is 5.99. The third kappa shape index (κ3) is 3.68. The molecule has 1 aromatic carbocycles. The first-order valence-electron chi connectivity index (χ1n) is 12.8. The van der Waals surface area contributed by atoms with E-state index in [0.717, 1.165) is 0 Å². The number of aliphatic hydroxyl groups is 1. The molecule has 3 aliphatic heterocycles. The molecule has 2 bridgehead atoms. The van der Waals surface area contributed by atoms with Crippen LogP contribution in [-0.4, -0.2) is 75.7 Å². The normalized spacial score (nSPS) is 33.5. The van der Waals surface area contributed by atoms with Gasteiger partial charge in [0.1, 0.15) is 17.6 Å². The summed E-state index contributed by atoms with van der Waals surface area (Å²) in [6.07, 6.45) is 2.11. The van der Waals surface area contributed by atoms with E-state index in [4.69, 9.17) is 9.47 Å². The first-order valence-corrected chi connectivity index (χ1v) is 12.8. The van der Waals surface area contributed by atoms with Crippen LogP contribution in [0.15, 0.2) is 43.0 Å². The summed E-state index contributed by atoms with van der Waals surface area (Å²) < 4.78 is 12.1. The molecule has 3 saturated heterocycles. The van der Waals surface area contributed by atoms with Gasteiger partial charge in [0.25, 0.3) is 0 Å². The van der Waals surface area contributed by atoms with Crippen molar-refractivity contribution in [1.82, 2.24) is 9.80 Å². The van der Waals surface area contributed by atoms with Gasteiger partial charge in [-0.3, -0.25) is 14.4 Å².